The van der Waals surface area contributed by atoms with E-state index in [-0.39, 0.29) is 0 Å². The van der Waals surface area contributed by atoms with Gasteiger partial charge in [-0.05, 0) is 28.4 Å². The second kappa shape index (κ2) is 5.58. The van der Waals surface area contributed by atoms with Crippen molar-refractivity contribution in [3.05, 3.63) is 27.5 Å². The minimum atomic E-state index is 0.370. The number of aryl methyl sites for hydroxylation is 1. The first kappa shape index (κ1) is 13.2. The molecule has 0 aliphatic heterocycles. The van der Waals surface area contributed by atoms with Gasteiger partial charge in [-0.15, -0.1) is 10.2 Å². The van der Waals surface area contributed by atoms with Crippen LogP contribution in [-0.4, -0.2) is 27.3 Å². The molecule has 2 heterocycles. The van der Waals surface area contributed by atoms with Gasteiger partial charge in [0, 0.05) is 6.07 Å². The Hall–Kier alpha value is -1.27. The second-order valence-corrected chi connectivity index (χ2v) is 4.56. The highest BCUT2D eigenvalue weighted by molar-refractivity contribution is 9.10. The van der Waals surface area contributed by atoms with Crippen molar-refractivity contribution < 1.29 is 4.74 Å². The molecule has 0 unspecified atom stereocenters. The third-order valence-electron chi connectivity index (χ3n) is 2.29. The van der Waals surface area contributed by atoms with Gasteiger partial charge in [-0.3, -0.25) is 0 Å². The van der Waals surface area contributed by atoms with Crippen LogP contribution in [0, 0.1) is 0 Å². The number of aromatic nitrogens is 4. The predicted octanol–water partition coefficient (Wildman–Crippen LogP) is 2.92. The van der Waals surface area contributed by atoms with E-state index in [9.17, 15) is 0 Å². The van der Waals surface area contributed by atoms with Gasteiger partial charge in [0.1, 0.15) is 10.8 Å². The Balaban J connectivity index is 2.46. The van der Waals surface area contributed by atoms with Crippen LogP contribution in [0.4, 0.5) is 0 Å². The number of ether oxygens (including phenoxy) is 1. The van der Waals surface area contributed by atoms with Crippen LogP contribution < -0.4 is 4.74 Å². The van der Waals surface area contributed by atoms with E-state index in [1.807, 2.05) is 6.92 Å². The third-order valence-corrected chi connectivity index (χ3v) is 3.63. The summed E-state index contributed by atoms with van der Waals surface area (Å²) in [5.74, 6) is 0.896. The molecule has 5 nitrogen and oxygen atoms in total. The van der Waals surface area contributed by atoms with Crippen molar-refractivity contribution in [3.63, 3.8) is 0 Å². The molecule has 0 saturated carbocycles. The summed E-state index contributed by atoms with van der Waals surface area (Å²) >= 11 is 9.39. The average Bonchev–Trinajstić information content (AvgIpc) is 2.42. The molecule has 2 rings (SSSR count). The lowest BCUT2D eigenvalue weighted by Crippen LogP contribution is -2.00. The van der Waals surface area contributed by atoms with Gasteiger partial charge in [0.2, 0.25) is 5.88 Å². The Morgan fingerprint density at radius 2 is 2.06 bits per heavy atom. The normalized spacial score (nSPS) is 10.4. The maximum Gasteiger partial charge on any atom is 0.233 e. The molecule has 0 amide bonds. The number of methoxy groups -OCH3 is 1. The number of rotatable bonds is 3. The maximum atomic E-state index is 6.04. The summed E-state index contributed by atoms with van der Waals surface area (Å²) in [6.45, 7) is 1.99. The molecule has 0 N–H and O–H groups in total. The van der Waals surface area contributed by atoms with E-state index in [1.165, 1.54) is 7.11 Å². The Bertz CT molecular complexity index is 562. The topological polar surface area (TPSA) is 60.8 Å². The number of hydrogen-bond donors (Lipinski definition) is 0. The van der Waals surface area contributed by atoms with Crippen molar-refractivity contribution in [2.24, 2.45) is 0 Å². The molecule has 94 valence electrons. The zero-order valence-corrected chi connectivity index (χ0v) is 12.2. The molecule has 2 aromatic rings. The monoisotopic (exact) mass is 328 g/mol. The van der Waals surface area contributed by atoms with Crippen molar-refractivity contribution >= 4 is 27.5 Å². The van der Waals surface area contributed by atoms with Crippen molar-refractivity contribution in [1.29, 1.82) is 0 Å². The molecule has 0 saturated heterocycles. The minimum absolute atomic E-state index is 0.370. The number of hydrogen-bond acceptors (Lipinski definition) is 5. The first-order chi connectivity index (χ1) is 8.65. The highest BCUT2D eigenvalue weighted by atomic mass is 79.9. The molecule has 7 heteroatoms. The Morgan fingerprint density at radius 1 is 1.28 bits per heavy atom. The van der Waals surface area contributed by atoms with Gasteiger partial charge < -0.3 is 4.74 Å². The highest BCUT2D eigenvalue weighted by Gasteiger charge is 2.12. The second-order valence-electron chi connectivity index (χ2n) is 3.41. The van der Waals surface area contributed by atoms with Crippen LogP contribution in [-0.2, 0) is 6.42 Å². The van der Waals surface area contributed by atoms with E-state index < -0.39 is 0 Å². The maximum absolute atomic E-state index is 6.04. The molecule has 0 aliphatic rings. The quantitative estimate of drug-likeness (QED) is 0.810. The summed E-state index contributed by atoms with van der Waals surface area (Å²) in [5.41, 5.74) is 1.39. The number of nitrogens with zero attached hydrogens (tertiary/aromatic N) is 4. The molecule has 0 aliphatic carbocycles. The Kier molecular flexibility index (Phi) is 4.08. The van der Waals surface area contributed by atoms with Crippen LogP contribution in [0.2, 0.25) is 5.15 Å². The van der Waals surface area contributed by atoms with Crippen LogP contribution in [0.25, 0.3) is 11.5 Å². The SMILES string of the molecule is CCc1nc(-c2ccc(OC)nn2)nc(Cl)c1Br. The zero-order valence-electron chi connectivity index (χ0n) is 9.81. The van der Waals surface area contributed by atoms with Gasteiger partial charge in [-0.2, -0.15) is 0 Å². The zero-order chi connectivity index (χ0) is 13.1. The molecule has 2 aromatic heterocycles. The van der Waals surface area contributed by atoms with E-state index in [0.717, 1.165) is 16.6 Å². The van der Waals surface area contributed by atoms with Crippen LogP contribution in [0.15, 0.2) is 16.6 Å². The molecule has 0 bridgehead atoms. The lowest BCUT2D eigenvalue weighted by atomic mass is 10.3. The fourth-order valence-electron chi connectivity index (χ4n) is 1.36. The largest absolute Gasteiger partial charge is 0.480 e. The van der Waals surface area contributed by atoms with Crippen LogP contribution in [0.1, 0.15) is 12.6 Å². The van der Waals surface area contributed by atoms with Gasteiger partial charge in [0.05, 0.1) is 17.3 Å². The van der Waals surface area contributed by atoms with E-state index in [1.54, 1.807) is 12.1 Å². The molecule has 18 heavy (non-hydrogen) atoms. The molecular weight excluding hydrogens is 320 g/mol. The van der Waals surface area contributed by atoms with Crippen molar-refractivity contribution in [2.75, 3.05) is 7.11 Å². The third kappa shape index (κ3) is 2.59. The fraction of sp³-hybridized carbons (Fsp3) is 0.273. The van der Waals surface area contributed by atoms with Gasteiger partial charge >= 0.3 is 0 Å². The van der Waals surface area contributed by atoms with Crippen molar-refractivity contribution in [3.8, 4) is 17.4 Å². The van der Waals surface area contributed by atoms with E-state index in [4.69, 9.17) is 16.3 Å². The molecular formula is C11H10BrClN4O. The first-order valence-corrected chi connectivity index (χ1v) is 6.42. The average molecular weight is 330 g/mol. The van der Waals surface area contributed by atoms with E-state index in [2.05, 4.69) is 36.1 Å². The molecule has 0 aromatic carbocycles. The lowest BCUT2D eigenvalue weighted by molar-refractivity contribution is 0.392. The molecule has 0 fully saturated rings. The summed E-state index contributed by atoms with van der Waals surface area (Å²) in [5, 5.41) is 8.24. The van der Waals surface area contributed by atoms with Gasteiger partial charge in [-0.1, -0.05) is 18.5 Å². The summed E-state index contributed by atoms with van der Waals surface area (Å²) in [6.07, 6.45) is 0.749. The van der Waals surface area contributed by atoms with E-state index >= 15 is 0 Å². The first-order valence-electron chi connectivity index (χ1n) is 5.25. The van der Waals surface area contributed by atoms with Crippen molar-refractivity contribution in [1.82, 2.24) is 20.2 Å². The van der Waals surface area contributed by atoms with Gasteiger partial charge in [-0.25, -0.2) is 9.97 Å². The minimum Gasteiger partial charge on any atom is -0.480 e. The van der Waals surface area contributed by atoms with Crippen LogP contribution in [0.5, 0.6) is 5.88 Å². The lowest BCUT2D eigenvalue weighted by Gasteiger charge is -2.06. The molecule has 0 atom stereocenters. The Labute approximate surface area is 118 Å². The van der Waals surface area contributed by atoms with Crippen LogP contribution >= 0.6 is 27.5 Å². The standard InChI is InChI=1S/C11H10BrClN4O/c1-3-6-9(12)10(13)15-11(14-6)7-4-5-8(18-2)17-16-7/h4-5H,3H2,1-2H3. The molecule has 0 spiro atoms. The number of halogens is 2. The summed E-state index contributed by atoms with van der Waals surface area (Å²) < 4.78 is 5.66. The smallest absolute Gasteiger partial charge is 0.233 e. The van der Waals surface area contributed by atoms with E-state index in [0.29, 0.717) is 22.6 Å². The fourth-order valence-corrected chi connectivity index (χ4v) is 2.01. The summed E-state index contributed by atoms with van der Waals surface area (Å²) in [6, 6.07) is 3.44. The Morgan fingerprint density at radius 3 is 2.61 bits per heavy atom. The molecule has 0 radical (unpaired) electrons. The summed E-state index contributed by atoms with van der Waals surface area (Å²) in [7, 11) is 1.53. The summed E-state index contributed by atoms with van der Waals surface area (Å²) in [4.78, 5) is 8.56. The predicted molar refractivity (Wildman–Crippen MR) is 71.7 cm³/mol. The van der Waals surface area contributed by atoms with Gasteiger partial charge in [0.15, 0.2) is 5.82 Å². The highest BCUT2D eigenvalue weighted by Crippen LogP contribution is 2.26. The van der Waals surface area contributed by atoms with Crippen LogP contribution in [0.3, 0.4) is 0 Å². The van der Waals surface area contributed by atoms with Crippen molar-refractivity contribution in [2.45, 2.75) is 13.3 Å². The van der Waals surface area contributed by atoms with Gasteiger partial charge in [0.25, 0.3) is 0 Å².